The zero-order chi connectivity index (χ0) is 25.8. The molecule has 0 saturated carbocycles. The minimum Gasteiger partial charge on any atom is -0.489 e. The molecule has 0 radical (unpaired) electrons. The normalized spacial score (nSPS) is 21.2. The van der Waals surface area contributed by atoms with Gasteiger partial charge in [0, 0.05) is 6.54 Å². The number of aromatic carboxylic acids is 1. The number of alkyl carbamates (subject to hydrolysis) is 1. The van der Waals surface area contributed by atoms with Gasteiger partial charge >= 0.3 is 12.1 Å². The van der Waals surface area contributed by atoms with E-state index in [-0.39, 0.29) is 18.3 Å². The van der Waals surface area contributed by atoms with Crippen molar-refractivity contribution >= 4 is 12.1 Å². The Hall–Kier alpha value is -3.91. The van der Waals surface area contributed by atoms with Crippen LogP contribution in [0.1, 0.15) is 45.9 Å². The number of nitrogens with zero attached hydrogens (tertiary/aromatic N) is 1. The third-order valence-corrected chi connectivity index (χ3v) is 7.11. The van der Waals surface area contributed by atoms with E-state index in [0.717, 1.165) is 49.7 Å². The number of halogens is 1. The Morgan fingerprint density at radius 2 is 1.76 bits per heavy atom. The lowest BCUT2D eigenvalue weighted by atomic mass is 9.86. The topological polar surface area (TPSA) is 88.1 Å². The Labute approximate surface area is 214 Å². The van der Waals surface area contributed by atoms with Crippen LogP contribution in [0.15, 0.2) is 72.8 Å². The van der Waals surface area contributed by atoms with Gasteiger partial charge < -0.3 is 19.9 Å². The SMILES string of the molecule is O=C(N[C@@H](c1ccccc1)c1cccc(OCc2ccc(C(=O)O)c(F)c2)c1)O[C@H]1CN2CCC1CC2. The van der Waals surface area contributed by atoms with Crippen LogP contribution >= 0.6 is 0 Å². The average Bonchev–Trinajstić information content (AvgIpc) is 2.92. The van der Waals surface area contributed by atoms with Gasteiger partial charge in [-0.2, -0.15) is 0 Å². The second kappa shape index (κ2) is 11.0. The van der Waals surface area contributed by atoms with Gasteiger partial charge in [-0.1, -0.05) is 48.5 Å². The largest absolute Gasteiger partial charge is 0.489 e. The van der Waals surface area contributed by atoms with Gasteiger partial charge in [-0.15, -0.1) is 0 Å². The summed E-state index contributed by atoms with van der Waals surface area (Å²) >= 11 is 0. The Bertz CT molecular complexity index is 1260. The van der Waals surface area contributed by atoms with E-state index in [0.29, 0.717) is 17.2 Å². The molecule has 192 valence electrons. The summed E-state index contributed by atoms with van der Waals surface area (Å²) in [5.74, 6) is -1.17. The van der Waals surface area contributed by atoms with Crippen LogP contribution in [-0.2, 0) is 11.3 Å². The maximum absolute atomic E-state index is 14.0. The number of hydrogen-bond donors (Lipinski definition) is 2. The number of carbonyl (C=O) groups excluding carboxylic acids is 1. The van der Waals surface area contributed by atoms with Gasteiger partial charge in [0.05, 0.1) is 11.6 Å². The highest BCUT2D eigenvalue weighted by molar-refractivity contribution is 5.87. The second-order valence-corrected chi connectivity index (χ2v) is 9.55. The molecule has 0 unspecified atom stereocenters. The van der Waals surface area contributed by atoms with Crippen LogP contribution in [0.4, 0.5) is 9.18 Å². The van der Waals surface area contributed by atoms with Crippen molar-refractivity contribution in [2.45, 2.75) is 31.6 Å². The number of carboxylic acids is 1. The van der Waals surface area contributed by atoms with Crippen molar-refractivity contribution in [3.8, 4) is 5.75 Å². The number of fused-ring (bicyclic) bond motifs is 3. The molecule has 0 aromatic heterocycles. The molecule has 1 amide bonds. The first kappa shape index (κ1) is 24.8. The summed E-state index contributed by atoms with van der Waals surface area (Å²) in [7, 11) is 0. The summed E-state index contributed by atoms with van der Waals surface area (Å²) in [6, 6.07) is 20.4. The van der Waals surface area contributed by atoms with Gasteiger partial charge in [-0.25, -0.2) is 14.0 Å². The van der Waals surface area contributed by atoms with Gasteiger partial charge in [-0.3, -0.25) is 4.90 Å². The lowest BCUT2D eigenvalue weighted by Gasteiger charge is -2.43. The van der Waals surface area contributed by atoms with E-state index in [1.807, 2.05) is 48.5 Å². The zero-order valence-corrected chi connectivity index (χ0v) is 20.3. The maximum Gasteiger partial charge on any atom is 0.408 e. The molecular formula is C29H29FN2O5. The first-order valence-electron chi connectivity index (χ1n) is 12.4. The van der Waals surface area contributed by atoms with Crippen molar-refractivity contribution < 1.29 is 28.6 Å². The number of rotatable bonds is 8. The van der Waals surface area contributed by atoms with Crippen molar-refractivity contribution in [3.05, 3.63) is 101 Å². The summed E-state index contributed by atoms with van der Waals surface area (Å²) in [5, 5.41) is 12.1. The first-order chi connectivity index (χ1) is 18.0. The number of amides is 1. The molecule has 2 N–H and O–H groups in total. The second-order valence-electron chi connectivity index (χ2n) is 9.55. The molecule has 37 heavy (non-hydrogen) atoms. The van der Waals surface area contributed by atoms with Crippen LogP contribution in [-0.4, -0.2) is 47.8 Å². The van der Waals surface area contributed by atoms with E-state index < -0.39 is 23.9 Å². The minimum absolute atomic E-state index is 0.0608. The Morgan fingerprint density at radius 3 is 2.43 bits per heavy atom. The minimum atomic E-state index is -1.32. The fourth-order valence-corrected chi connectivity index (χ4v) is 5.11. The van der Waals surface area contributed by atoms with E-state index in [9.17, 15) is 14.0 Å². The van der Waals surface area contributed by atoms with Gasteiger partial charge in [0.25, 0.3) is 0 Å². The Morgan fingerprint density at radius 1 is 1.00 bits per heavy atom. The van der Waals surface area contributed by atoms with Crippen LogP contribution in [0.5, 0.6) is 5.75 Å². The summed E-state index contributed by atoms with van der Waals surface area (Å²) < 4.78 is 25.8. The van der Waals surface area contributed by atoms with Crippen molar-refractivity contribution in [2.24, 2.45) is 5.92 Å². The molecular weight excluding hydrogens is 475 g/mol. The zero-order valence-electron chi connectivity index (χ0n) is 20.3. The Balaban J connectivity index is 1.30. The third kappa shape index (κ3) is 5.91. The molecule has 7 nitrogen and oxygen atoms in total. The smallest absolute Gasteiger partial charge is 0.408 e. The van der Waals surface area contributed by atoms with Gasteiger partial charge in [0.2, 0.25) is 0 Å². The molecule has 0 spiro atoms. The molecule has 3 heterocycles. The third-order valence-electron chi connectivity index (χ3n) is 7.11. The summed E-state index contributed by atoms with van der Waals surface area (Å²) in [6.45, 7) is 2.99. The summed E-state index contributed by atoms with van der Waals surface area (Å²) in [6.07, 6.45) is 1.57. The number of ether oxygens (including phenoxy) is 2. The predicted molar refractivity (Wildman–Crippen MR) is 135 cm³/mol. The van der Waals surface area contributed by atoms with Crippen LogP contribution < -0.4 is 10.1 Å². The molecule has 0 aliphatic carbocycles. The molecule has 3 fully saturated rings. The number of piperidine rings is 3. The predicted octanol–water partition coefficient (Wildman–Crippen LogP) is 5.01. The van der Waals surface area contributed by atoms with Crippen molar-refractivity contribution in [2.75, 3.05) is 19.6 Å². The summed E-state index contributed by atoms with van der Waals surface area (Å²) in [4.78, 5) is 26.4. The van der Waals surface area contributed by atoms with E-state index in [4.69, 9.17) is 14.6 Å². The fraction of sp³-hybridized carbons (Fsp3) is 0.310. The van der Waals surface area contributed by atoms with Crippen LogP contribution in [0.25, 0.3) is 0 Å². The molecule has 3 aliphatic rings. The molecule has 8 heteroatoms. The van der Waals surface area contributed by atoms with Gasteiger partial charge in [-0.05, 0) is 72.8 Å². The van der Waals surface area contributed by atoms with Crippen molar-refractivity contribution in [1.82, 2.24) is 10.2 Å². The highest BCUT2D eigenvalue weighted by Gasteiger charge is 2.36. The number of benzene rings is 3. The van der Waals surface area contributed by atoms with Crippen molar-refractivity contribution in [1.29, 1.82) is 0 Å². The van der Waals surface area contributed by atoms with E-state index >= 15 is 0 Å². The van der Waals surface area contributed by atoms with Crippen LogP contribution in [0.2, 0.25) is 0 Å². The Kier molecular flexibility index (Phi) is 7.37. The fourth-order valence-electron chi connectivity index (χ4n) is 5.11. The molecule has 3 aromatic carbocycles. The number of hydrogen-bond acceptors (Lipinski definition) is 5. The monoisotopic (exact) mass is 504 g/mol. The van der Waals surface area contributed by atoms with E-state index in [1.165, 1.54) is 12.1 Å². The van der Waals surface area contributed by atoms with Crippen molar-refractivity contribution in [3.63, 3.8) is 0 Å². The van der Waals surface area contributed by atoms with Crippen LogP contribution in [0, 0.1) is 11.7 Å². The van der Waals surface area contributed by atoms with E-state index in [1.54, 1.807) is 6.07 Å². The summed E-state index contributed by atoms with van der Waals surface area (Å²) in [5.41, 5.74) is 1.83. The van der Waals surface area contributed by atoms with E-state index in [2.05, 4.69) is 10.2 Å². The highest BCUT2D eigenvalue weighted by atomic mass is 19.1. The number of carbonyl (C=O) groups is 2. The molecule has 2 atom stereocenters. The average molecular weight is 505 g/mol. The molecule has 2 bridgehead atoms. The van der Waals surface area contributed by atoms with Crippen LogP contribution in [0.3, 0.4) is 0 Å². The molecule has 3 aromatic rings. The molecule has 3 saturated heterocycles. The van der Waals surface area contributed by atoms with Gasteiger partial charge in [0.1, 0.15) is 24.3 Å². The first-order valence-corrected chi connectivity index (χ1v) is 12.4. The molecule has 6 rings (SSSR count). The standard InChI is InChI=1S/C29H29FN2O5/c30-25-15-19(9-10-24(25)28(33)34)18-36-23-8-4-7-22(16-23)27(21-5-2-1-3-6-21)31-29(35)37-26-17-32-13-11-20(26)12-14-32/h1-10,15-16,20,26-27H,11-14,17-18H2,(H,31,35)(H,33,34)/t26-,27-/m0/s1. The number of nitrogens with one attached hydrogen (secondary N) is 1. The highest BCUT2D eigenvalue weighted by Crippen LogP contribution is 2.30. The lowest BCUT2D eigenvalue weighted by molar-refractivity contribution is -0.0336. The molecule has 3 aliphatic heterocycles. The quantitative estimate of drug-likeness (QED) is 0.448. The maximum atomic E-state index is 14.0. The van der Waals surface area contributed by atoms with Gasteiger partial charge in [0.15, 0.2) is 0 Å². The lowest BCUT2D eigenvalue weighted by Crippen LogP contribution is -2.52. The number of carboxylic acid groups (broad SMARTS) is 1.